The molecule has 1 saturated carbocycles. The quantitative estimate of drug-likeness (QED) is 0.543. The van der Waals surface area contributed by atoms with Crippen LogP contribution in [0, 0.1) is 6.92 Å². The third-order valence-corrected chi connectivity index (χ3v) is 6.55. The van der Waals surface area contributed by atoms with E-state index < -0.39 is 6.04 Å². The molecule has 1 atom stereocenters. The number of benzene rings is 2. The Morgan fingerprint density at radius 2 is 1.78 bits per heavy atom. The highest BCUT2D eigenvalue weighted by Crippen LogP contribution is 2.22. The second kappa shape index (κ2) is 11.6. The molecule has 0 radical (unpaired) electrons. The zero-order valence-electron chi connectivity index (χ0n) is 18.6. The van der Waals surface area contributed by atoms with E-state index in [0.29, 0.717) is 15.8 Å². The number of ether oxygens (including phenoxy) is 1. The van der Waals surface area contributed by atoms with Crippen molar-refractivity contribution in [3.8, 4) is 5.75 Å². The second-order valence-corrected chi connectivity index (χ2v) is 9.21. The lowest BCUT2D eigenvalue weighted by Gasteiger charge is -2.31. The summed E-state index contributed by atoms with van der Waals surface area (Å²) >= 11 is 12.1. The summed E-state index contributed by atoms with van der Waals surface area (Å²) in [6, 6.07) is 12.1. The van der Waals surface area contributed by atoms with Gasteiger partial charge in [0.25, 0.3) is 5.91 Å². The van der Waals surface area contributed by atoms with Crippen LogP contribution in [0.15, 0.2) is 42.5 Å². The van der Waals surface area contributed by atoms with Gasteiger partial charge in [0.15, 0.2) is 6.61 Å². The molecule has 0 aromatic heterocycles. The number of amides is 2. The molecule has 172 valence electrons. The Balaban J connectivity index is 1.70. The molecule has 1 N–H and O–H groups in total. The molecule has 1 unspecified atom stereocenters. The third-order valence-electron chi connectivity index (χ3n) is 5.88. The van der Waals surface area contributed by atoms with Crippen molar-refractivity contribution in [1.29, 1.82) is 0 Å². The van der Waals surface area contributed by atoms with Gasteiger partial charge in [-0.3, -0.25) is 9.59 Å². The minimum absolute atomic E-state index is 0.137. The van der Waals surface area contributed by atoms with E-state index in [2.05, 4.69) is 5.32 Å². The molecule has 1 aliphatic carbocycles. The minimum Gasteiger partial charge on any atom is -0.484 e. The number of aryl methyl sites for hydroxylation is 1. The van der Waals surface area contributed by atoms with Crippen LogP contribution < -0.4 is 10.1 Å². The molecule has 2 aromatic rings. The fourth-order valence-corrected chi connectivity index (χ4v) is 4.12. The highest BCUT2D eigenvalue weighted by atomic mass is 35.5. The van der Waals surface area contributed by atoms with Gasteiger partial charge in [-0.15, -0.1) is 0 Å². The van der Waals surface area contributed by atoms with Crippen LogP contribution in [0.3, 0.4) is 0 Å². The number of carbonyl (C=O) groups is 2. The summed E-state index contributed by atoms with van der Waals surface area (Å²) in [4.78, 5) is 27.7. The molecule has 1 fully saturated rings. The van der Waals surface area contributed by atoms with Gasteiger partial charge in [-0.05, 0) is 68.1 Å². The van der Waals surface area contributed by atoms with E-state index in [4.69, 9.17) is 27.9 Å². The number of nitrogens with one attached hydrogen (secondary N) is 1. The monoisotopic (exact) mass is 476 g/mol. The first-order chi connectivity index (χ1) is 15.3. The average molecular weight is 477 g/mol. The number of hydrogen-bond donors (Lipinski definition) is 1. The summed E-state index contributed by atoms with van der Waals surface area (Å²) in [6.45, 7) is 3.76. The molecule has 3 rings (SSSR count). The van der Waals surface area contributed by atoms with Gasteiger partial charge in [-0.2, -0.15) is 0 Å². The summed E-state index contributed by atoms with van der Waals surface area (Å²) in [7, 11) is 0. The van der Waals surface area contributed by atoms with E-state index in [0.717, 1.165) is 36.8 Å². The van der Waals surface area contributed by atoms with Crippen LogP contribution in [0.1, 0.15) is 50.2 Å². The summed E-state index contributed by atoms with van der Waals surface area (Å²) in [6.07, 6.45) is 5.44. The number of carbonyl (C=O) groups excluding carboxylic acids is 2. The molecule has 0 heterocycles. The fraction of sp³-hybridized carbons (Fsp3) is 0.440. The Morgan fingerprint density at radius 1 is 1.09 bits per heavy atom. The van der Waals surface area contributed by atoms with Crippen LogP contribution in [0.5, 0.6) is 5.75 Å². The van der Waals surface area contributed by atoms with Gasteiger partial charge in [-0.1, -0.05) is 54.6 Å². The van der Waals surface area contributed by atoms with Crippen molar-refractivity contribution in [1.82, 2.24) is 10.2 Å². The maximum Gasteiger partial charge on any atom is 0.261 e. The summed E-state index contributed by atoms with van der Waals surface area (Å²) in [5, 5.41) is 4.39. The van der Waals surface area contributed by atoms with E-state index >= 15 is 0 Å². The molecule has 0 bridgehead atoms. The summed E-state index contributed by atoms with van der Waals surface area (Å²) in [5.74, 6) is 0.159. The Hall–Kier alpha value is -2.24. The highest BCUT2D eigenvalue weighted by molar-refractivity contribution is 6.31. The van der Waals surface area contributed by atoms with E-state index in [1.165, 1.54) is 6.42 Å². The Labute approximate surface area is 200 Å². The van der Waals surface area contributed by atoms with Gasteiger partial charge < -0.3 is 15.0 Å². The Morgan fingerprint density at radius 3 is 2.44 bits per heavy atom. The largest absolute Gasteiger partial charge is 0.484 e. The van der Waals surface area contributed by atoms with Gasteiger partial charge in [-0.25, -0.2) is 0 Å². The number of rotatable bonds is 8. The fourth-order valence-electron chi connectivity index (χ4n) is 3.87. The number of hydrogen-bond acceptors (Lipinski definition) is 3. The van der Waals surface area contributed by atoms with Crippen molar-refractivity contribution in [3.63, 3.8) is 0 Å². The van der Waals surface area contributed by atoms with Crippen LogP contribution in [-0.4, -0.2) is 35.4 Å². The average Bonchev–Trinajstić information content (AvgIpc) is 2.79. The Bertz CT molecular complexity index is 927. The van der Waals surface area contributed by atoms with Crippen molar-refractivity contribution in [2.24, 2.45) is 0 Å². The predicted molar refractivity (Wildman–Crippen MR) is 128 cm³/mol. The van der Waals surface area contributed by atoms with Crippen LogP contribution >= 0.6 is 23.2 Å². The van der Waals surface area contributed by atoms with Crippen LogP contribution in [-0.2, 0) is 16.1 Å². The molecule has 2 aromatic carbocycles. The molecule has 0 saturated heterocycles. The van der Waals surface area contributed by atoms with Crippen molar-refractivity contribution >= 4 is 35.0 Å². The molecular weight excluding hydrogens is 447 g/mol. The van der Waals surface area contributed by atoms with Gasteiger partial charge in [0.2, 0.25) is 5.91 Å². The van der Waals surface area contributed by atoms with Gasteiger partial charge in [0, 0.05) is 22.6 Å². The molecule has 5 nitrogen and oxygen atoms in total. The standard InChI is InChI=1S/C25H30Cl2N2O3/c1-17-14-22(12-13-23(17)27)32-16-24(30)29(15-19-8-10-20(26)11-9-19)18(2)25(31)28-21-6-4-3-5-7-21/h8-14,18,21H,3-7,15-16H2,1-2H3,(H,28,31). The van der Waals surface area contributed by atoms with Crippen LogP contribution in [0.25, 0.3) is 0 Å². The van der Waals surface area contributed by atoms with Crippen molar-refractivity contribution < 1.29 is 14.3 Å². The first-order valence-corrected chi connectivity index (χ1v) is 11.8. The van der Waals surface area contributed by atoms with E-state index in [-0.39, 0.29) is 31.0 Å². The SMILES string of the molecule is Cc1cc(OCC(=O)N(Cc2ccc(Cl)cc2)C(C)C(=O)NC2CCCCC2)ccc1Cl. The van der Waals surface area contributed by atoms with Crippen molar-refractivity contribution in [2.75, 3.05) is 6.61 Å². The van der Waals surface area contributed by atoms with Crippen molar-refractivity contribution in [3.05, 3.63) is 63.6 Å². The molecule has 1 aliphatic rings. The zero-order valence-corrected chi connectivity index (χ0v) is 20.1. The minimum atomic E-state index is -0.629. The molecule has 32 heavy (non-hydrogen) atoms. The first kappa shape index (κ1) is 24.4. The summed E-state index contributed by atoms with van der Waals surface area (Å²) in [5.41, 5.74) is 1.76. The van der Waals surface area contributed by atoms with Gasteiger partial charge >= 0.3 is 0 Å². The van der Waals surface area contributed by atoms with Gasteiger partial charge in [0.1, 0.15) is 11.8 Å². The maximum atomic E-state index is 13.1. The smallest absolute Gasteiger partial charge is 0.261 e. The zero-order chi connectivity index (χ0) is 23.1. The lowest BCUT2D eigenvalue weighted by molar-refractivity contribution is -0.142. The van der Waals surface area contributed by atoms with E-state index in [1.807, 2.05) is 19.1 Å². The van der Waals surface area contributed by atoms with Gasteiger partial charge in [0.05, 0.1) is 0 Å². The number of nitrogens with zero attached hydrogens (tertiary/aromatic N) is 1. The van der Waals surface area contributed by atoms with E-state index in [1.54, 1.807) is 42.2 Å². The third kappa shape index (κ3) is 6.88. The van der Waals surface area contributed by atoms with E-state index in [9.17, 15) is 9.59 Å². The summed E-state index contributed by atoms with van der Waals surface area (Å²) < 4.78 is 5.72. The lowest BCUT2D eigenvalue weighted by atomic mass is 9.95. The molecule has 2 amide bonds. The maximum absolute atomic E-state index is 13.1. The van der Waals surface area contributed by atoms with Crippen molar-refractivity contribution in [2.45, 2.75) is 64.6 Å². The molecule has 0 aliphatic heterocycles. The highest BCUT2D eigenvalue weighted by Gasteiger charge is 2.28. The first-order valence-electron chi connectivity index (χ1n) is 11.1. The molecule has 7 heteroatoms. The second-order valence-electron chi connectivity index (χ2n) is 8.37. The lowest BCUT2D eigenvalue weighted by Crippen LogP contribution is -2.51. The van der Waals surface area contributed by atoms with Crippen LogP contribution in [0.2, 0.25) is 10.0 Å². The normalized spacial score (nSPS) is 15.1. The predicted octanol–water partition coefficient (Wildman–Crippen LogP) is 5.55. The molecule has 0 spiro atoms. The molecular formula is C25H30Cl2N2O3. The number of halogens is 2. The Kier molecular flexibility index (Phi) is 8.83. The topological polar surface area (TPSA) is 58.6 Å². The van der Waals surface area contributed by atoms with Crippen LogP contribution in [0.4, 0.5) is 0 Å².